The molecule has 1 heterocycles. The molecule has 30 heavy (non-hydrogen) atoms. The molecule has 3 aromatic rings. The molecule has 12 heteroatoms. The van der Waals surface area contributed by atoms with E-state index in [2.05, 4.69) is 15.5 Å². The highest BCUT2D eigenvalue weighted by Gasteiger charge is 2.27. The molecule has 0 aliphatic heterocycles. The first-order chi connectivity index (χ1) is 14.3. The fraction of sp³-hybridized carbons (Fsp3) is 0.111. The third-order valence-corrected chi connectivity index (χ3v) is 4.51. The summed E-state index contributed by atoms with van der Waals surface area (Å²) >= 11 is 1.25. The normalized spacial score (nSPS) is 11.1. The van der Waals surface area contributed by atoms with Crippen molar-refractivity contribution in [3.05, 3.63) is 63.8 Å². The lowest BCUT2D eigenvalue weighted by Gasteiger charge is -2.13. The van der Waals surface area contributed by atoms with Gasteiger partial charge in [0.2, 0.25) is 34.2 Å². The highest BCUT2D eigenvalue weighted by atomic mass is 32.1. The molecule has 0 atom stereocenters. The molecule has 0 unspecified atom stereocenters. The number of benzene rings is 2. The van der Waals surface area contributed by atoms with E-state index >= 15 is 0 Å². The van der Waals surface area contributed by atoms with E-state index < -0.39 is 41.4 Å². The Morgan fingerprint density at radius 3 is 2.37 bits per heavy atom. The van der Waals surface area contributed by atoms with Crippen molar-refractivity contribution in [3.63, 3.8) is 0 Å². The predicted octanol–water partition coefficient (Wildman–Crippen LogP) is 4.45. The van der Waals surface area contributed by atoms with Gasteiger partial charge < -0.3 is 15.2 Å². The van der Waals surface area contributed by atoms with E-state index in [1.807, 2.05) is 0 Å². The smallest absolute Gasteiger partial charge is 0.207 e. The maximum atomic E-state index is 13.8. The van der Waals surface area contributed by atoms with Gasteiger partial charge in [0, 0.05) is 10.9 Å². The van der Waals surface area contributed by atoms with Crippen LogP contribution in [0.15, 0.2) is 28.7 Å². The number of nitrogens with two attached hydrogens (primary N) is 1. The molecule has 6 nitrogen and oxygen atoms in total. The zero-order valence-corrected chi connectivity index (χ0v) is 16.0. The van der Waals surface area contributed by atoms with Gasteiger partial charge in [0.05, 0.1) is 13.3 Å². The summed E-state index contributed by atoms with van der Waals surface area (Å²) in [5.41, 5.74) is 8.98. The Kier molecular flexibility index (Phi) is 6.35. The van der Waals surface area contributed by atoms with Gasteiger partial charge in [-0.2, -0.15) is 13.9 Å². The molecule has 0 saturated heterocycles. The standard InChI is InChI=1S/C18H13F5N4O2S/c1-28-10-3-2-8(5-25-27-18-26-11(24)7-30-18)4-9(10)6-29-17-15(22)13(20)12(19)14(21)16(17)23/h2-5,7H,6,24H2,1H3,(H,26,27). The molecule has 0 aliphatic rings. The molecule has 0 amide bonds. The van der Waals surface area contributed by atoms with Crippen molar-refractivity contribution < 1.29 is 31.4 Å². The lowest BCUT2D eigenvalue weighted by atomic mass is 10.1. The Labute approximate surface area is 170 Å². The van der Waals surface area contributed by atoms with Crippen molar-refractivity contribution in [1.82, 2.24) is 4.98 Å². The van der Waals surface area contributed by atoms with Crippen molar-refractivity contribution >= 4 is 28.5 Å². The van der Waals surface area contributed by atoms with Gasteiger partial charge in [-0.05, 0) is 23.8 Å². The quantitative estimate of drug-likeness (QED) is 0.185. The highest BCUT2D eigenvalue weighted by Crippen LogP contribution is 2.30. The summed E-state index contributed by atoms with van der Waals surface area (Å²) in [6, 6.07) is 4.66. The molecule has 0 spiro atoms. The van der Waals surface area contributed by atoms with Gasteiger partial charge >= 0.3 is 0 Å². The lowest BCUT2D eigenvalue weighted by Crippen LogP contribution is -2.08. The topological polar surface area (TPSA) is 81.8 Å². The monoisotopic (exact) mass is 444 g/mol. The number of halogens is 5. The number of rotatable bonds is 7. The Hall–Kier alpha value is -3.41. The number of hydrazone groups is 1. The number of nitrogen functional groups attached to an aromatic ring is 1. The van der Waals surface area contributed by atoms with Crippen LogP contribution in [0.5, 0.6) is 11.5 Å². The molecular weight excluding hydrogens is 431 g/mol. The second-order valence-corrected chi connectivity index (χ2v) is 6.56. The number of hydrogen-bond donors (Lipinski definition) is 2. The summed E-state index contributed by atoms with van der Waals surface area (Å²) in [4.78, 5) is 3.96. The van der Waals surface area contributed by atoms with E-state index in [9.17, 15) is 22.0 Å². The predicted molar refractivity (Wildman–Crippen MR) is 101 cm³/mol. The molecule has 0 bridgehead atoms. The first kappa shape index (κ1) is 21.3. The van der Waals surface area contributed by atoms with Crippen LogP contribution in [0.1, 0.15) is 11.1 Å². The van der Waals surface area contributed by atoms with Crippen LogP contribution in [-0.2, 0) is 6.61 Å². The van der Waals surface area contributed by atoms with Crippen LogP contribution in [0.2, 0.25) is 0 Å². The zero-order valence-electron chi connectivity index (χ0n) is 15.2. The van der Waals surface area contributed by atoms with Gasteiger partial charge in [-0.1, -0.05) is 0 Å². The fourth-order valence-corrected chi connectivity index (χ4v) is 2.90. The molecule has 1 aromatic heterocycles. The minimum atomic E-state index is -2.26. The Bertz CT molecular complexity index is 1080. The average molecular weight is 444 g/mol. The summed E-state index contributed by atoms with van der Waals surface area (Å²) in [7, 11) is 1.35. The van der Waals surface area contributed by atoms with Gasteiger partial charge in [0.15, 0.2) is 5.75 Å². The molecular formula is C18H13F5N4O2S. The maximum Gasteiger partial charge on any atom is 0.207 e. The number of thiazole rings is 1. The number of aromatic nitrogens is 1. The van der Waals surface area contributed by atoms with Gasteiger partial charge in [0.1, 0.15) is 18.2 Å². The van der Waals surface area contributed by atoms with Gasteiger partial charge in [-0.25, -0.2) is 18.2 Å². The van der Waals surface area contributed by atoms with E-state index in [0.717, 1.165) is 0 Å². The van der Waals surface area contributed by atoms with E-state index in [1.54, 1.807) is 11.4 Å². The van der Waals surface area contributed by atoms with Crippen molar-refractivity contribution in [2.45, 2.75) is 6.61 Å². The first-order valence-electron chi connectivity index (χ1n) is 8.13. The van der Waals surface area contributed by atoms with Crippen LogP contribution in [0.3, 0.4) is 0 Å². The third kappa shape index (κ3) is 4.43. The van der Waals surface area contributed by atoms with Gasteiger partial charge in [-0.3, -0.25) is 5.43 Å². The Morgan fingerprint density at radius 1 is 1.10 bits per heavy atom. The summed E-state index contributed by atoms with van der Waals surface area (Å²) in [6.07, 6.45) is 1.42. The number of ether oxygens (including phenoxy) is 2. The molecule has 0 fully saturated rings. The van der Waals surface area contributed by atoms with Crippen LogP contribution >= 0.6 is 11.3 Å². The molecule has 3 rings (SSSR count). The lowest BCUT2D eigenvalue weighted by molar-refractivity contribution is 0.249. The average Bonchev–Trinajstić information content (AvgIpc) is 3.16. The fourth-order valence-electron chi connectivity index (χ4n) is 2.35. The van der Waals surface area contributed by atoms with Crippen LogP contribution in [0, 0.1) is 29.1 Å². The van der Waals surface area contributed by atoms with Crippen molar-refractivity contribution in [1.29, 1.82) is 0 Å². The summed E-state index contributed by atoms with van der Waals surface area (Å²) in [6.45, 7) is -0.528. The number of hydrogen-bond acceptors (Lipinski definition) is 7. The maximum absolute atomic E-state index is 13.8. The molecule has 3 N–H and O–H groups in total. The molecule has 0 radical (unpaired) electrons. The van der Waals surface area contributed by atoms with Crippen molar-refractivity contribution in [2.24, 2.45) is 5.10 Å². The molecule has 2 aromatic carbocycles. The highest BCUT2D eigenvalue weighted by molar-refractivity contribution is 7.14. The second-order valence-electron chi connectivity index (χ2n) is 5.71. The Morgan fingerprint density at radius 2 is 1.77 bits per heavy atom. The molecule has 0 saturated carbocycles. The van der Waals surface area contributed by atoms with Crippen LogP contribution in [0.4, 0.5) is 32.9 Å². The number of anilines is 2. The SMILES string of the molecule is COc1ccc(C=NNc2nc(N)cs2)cc1COc1c(F)c(F)c(F)c(F)c1F. The minimum absolute atomic E-state index is 0.275. The van der Waals surface area contributed by atoms with Gasteiger partial charge in [-0.15, -0.1) is 11.3 Å². The van der Waals surface area contributed by atoms with Crippen LogP contribution in [0.25, 0.3) is 0 Å². The summed E-state index contributed by atoms with van der Waals surface area (Å²) in [5, 5.41) is 6.07. The van der Waals surface area contributed by atoms with Crippen molar-refractivity contribution in [3.8, 4) is 11.5 Å². The van der Waals surface area contributed by atoms with E-state index in [1.165, 1.54) is 36.8 Å². The molecule has 158 valence electrons. The van der Waals surface area contributed by atoms with E-state index in [0.29, 0.717) is 16.5 Å². The van der Waals surface area contributed by atoms with Gasteiger partial charge in [0.25, 0.3) is 0 Å². The largest absolute Gasteiger partial charge is 0.496 e. The summed E-state index contributed by atoms with van der Waals surface area (Å²) < 4.78 is 77.3. The second kappa shape index (κ2) is 8.95. The number of nitrogens with one attached hydrogen (secondary N) is 1. The van der Waals surface area contributed by atoms with Crippen LogP contribution < -0.4 is 20.6 Å². The Balaban J connectivity index is 1.80. The third-order valence-electron chi connectivity index (χ3n) is 3.74. The first-order valence-corrected chi connectivity index (χ1v) is 9.01. The number of nitrogens with zero attached hydrogens (tertiary/aromatic N) is 2. The van der Waals surface area contributed by atoms with E-state index in [-0.39, 0.29) is 11.3 Å². The number of methoxy groups -OCH3 is 1. The summed E-state index contributed by atoms with van der Waals surface area (Å²) in [5.74, 6) is -11.3. The van der Waals surface area contributed by atoms with E-state index in [4.69, 9.17) is 15.2 Å². The minimum Gasteiger partial charge on any atom is -0.496 e. The molecule has 0 aliphatic carbocycles. The van der Waals surface area contributed by atoms with Crippen LogP contribution in [-0.4, -0.2) is 18.3 Å². The zero-order chi connectivity index (χ0) is 21.8. The van der Waals surface area contributed by atoms with Crippen molar-refractivity contribution in [2.75, 3.05) is 18.3 Å².